The maximum absolute atomic E-state index is 13.6. The second-order valence-corrected chi connectivity index (χ2v) is 12.6. The van der Waals surface area contributed by atoms with E-state index in [2.05, 4.69) is 31.9 Å². The van der Waals surface area contributed by atoms with E-state index in [-0.39, 0.29) is 18.0 Å². The van der Waals surface area contributed by atoms with Crippen molar-refractivity contribution in [2.24, 2.45) is 0 Å². The number of halogens is 3. The van der Waals surface area contributed by atoms with Gasteiger partial charge in [-0.15, -0.1) is 0 Å². The van der Waals surface area contributed by atoms with E-state index in [1.165, 1.54) is 0 Å². The number of likely N-dealkylation sites (tertiary alicyclic amines) is 1. The zero-order valence-electron chi connectivity index (χ0n) is 20.9. The summed E-state index contributed by atoms with van der Waals surface area (Å²) >= 11 is 13.4. The summed E-state index contributed by atoms with van der Waals surface area (Å²) in [4.78, 5) is 29.8. The van der Waals surface area contributed by atoms with Crippen molar-refractivity contribution in [3.63, 3.8) is 0 Å². The number of amides is 2. The molecule has 5 nitrogen and oxygen atoms in total. The van der Waals surface area contributed by atoms with Crippen molar-refractivity contribution >= 4 is 55.5 Å². The van der Waals surface area contributed by atoms with E-state index >= 15 is 0 Å². The Labute approximate surface area is 230 Å². The van der Waals surface area contributed by atoms with Crippen LogP contribution in [0.25, 0.3) is 0 Å². The minimum atomic E-state index is -0.547. The first-order valence-electron chi connectivity index (χ1n) is 11.8. The Morgan fingerprint density at radius 1 is 1.11 bits per heavy atom. The van der Waals surface area contributed by atoms with Crippen LogP contribution in [-0.2, 0) is 14.9 Å². The molecule has 35 heavy (non-hydrogen) atoms. The fraction of sp³-hybridized carbons (Fsp3) is 0.481. The first-order chi connectivity index (χ1) is 16.3. The van der Waals surface area contributed by atoms with Gasteiger partial charge in [-0.3, -0.25) is 4.79 Å². The van der Waals surface area contributed by atoms with E-state index in [1.807, 2.05) is 77.2 Å². The van der Waals surface area contributed by atoms with E-state index in [9.17, 15) is 9.59 Å². The number of carbonyl (C=O) groups excluding carboxylic acids is 2. The largest absolute Gasteiger partial charge is 0.444 e. The molecule has 3 rings (SSSR count). The van der Waals surface area contributed by atoms with Crippen molar-refractivity contribution in [3.8, 4) is 0 Å². The molecule has 1 heterocycles. The zero-order valence-corrected chi connectivity index (χ0v) is 24.8. The quantitative estimate of drug-likeness (QED) is 0.340. The SMILES string of the molecule is CC(c1cc(Br)cc(Br)c1)N(C)C(=O)CC1(c2cccc(Cl)c2)CCN(C(=O)OC(C)(C)C)CC1. The van der Waals surface area contributed by atoms with Crippen LogP contribution < -0.4 is 0 Å². The van der Waals surface area contributed by atoms with Crippen LogP contribution in [0.4, 0.5) is 4.79 Å². The summed E-state index contributed by atoms with van der Waals surface area (Å²) in [5, 5.41) is 0.643. The molecule has 0 saturated carbocycles. The predicted molar refractivity (Wildman–Crippen MR) is 148 cm³/mol. The van der Waals surface area contributed by atoms with Gasteiger partial charge in [-0.1, -0.05) is 55.6 Å². The molecule has 2 amide bonds. The van der Waals surface area contributed by atoms with Gasteiger partial charge in [-0.25, -0.2) is 4.79 Å². The maximum atomic E-state index is 13.6. The van der Waals surface area contributed by atoms with E-state index in [4.69, 9.17) is 16.3 Å². The minimum absolute atomic E-state index is 0.0549. The Hall–Kier alpha value is -1.57. The summed E-state index contributed by atoms with van der Waals surface area (Å²) in [5.74, 6) is 0.0549. The Bertz CT molecular complexity index is 1060. The molecule has 1 aliphatic heterocycles. The highest BCUT2D eigenvalue weighted by Gasteiger charge is 2.41. The first kappa shape index (κ1) is 28.0. The van der Waals surface area contributed by atoms with Crippen LogP contribution in [0.1, 0.15) is 64.1 Å². The number of carbonyl (C=O) groups is 2. The van der Waals surface area contributed by atoms with E-state index in [1.54, 1.807) is 9.80 Å². The molecule has 0 bridgehead atoms. The molecule has 8 heteroatoms. The summed E-state index contributed by atoms with van der Waals surface area (Å²) in [7, 11) is 1.85. The molecule has 1 aliphatic rings. The van der Waals surface area contributed by atoms with Crippen molar-refractivity contribution in [2.45, 2.75) is 64.0 Å². The van der Waals surface area contributed by atoms with Crippen molar-refractivity contribution in [3.05, 3.63) is 67.6 Å². The molecule has 2 aromatic rings. The Kier molecular flexibility index (Phi) is 8.98. The van der Waals surface area contributed by atoms with Crippen LogP contribution >= 0.6 is 43.5 Å². The van der Waals surface area contributed by atoms with E-state index in [0.29, 0.717) is 37.4 Å². The highest BCUT2D eigenvalue weighted by Crippen LogP contribution is 2.41. The molecule has 1 fully saturated rings. The molecule has 2 aromatic carbocycles. The van der Waals surface area contributed by atoms with Gasteiger partial charge in [0.1, 0.15) is 5.60 Å². The molecular weight excluding hydrogens is 596 g/mol. The van der Waals surface area contributed by atoms with Gasteiger partial charge in [-0.2, -0.15) is 0 Å². The van der Waals surface area contributed by atoms with Gasteiger partial charge in [0, 0.05) is 45.9 Å². The van der Waals surface area contributed by atoms with Gasteiger partial charge < -0.3 is 14.5 Å². The van der Waals surface area contributed by atoms with Gasteiger partial charge in [0.25, 0.3) is 0 Å². The smallest absolute Gasteiger partial charge is 0.410 e. The lowest BCUT2D eigenvalue weighted by atomic mass is 9.70. The lowest BCUT2D eigenvalue weighted by Gasteiger charge is -2.43. The Morgan fingerprint density at radius 2 is 1.71 bits per heavy atom. The van der Waals surface area contributed by atoms with Gasteiger partial charge in [0.05, 0.1) is 6.04 Å². The van der Waals surface area contributed by atoms with Crippen LogP contribution in [0.3, 0.4) is 0 Å². The van der Waals surface area contributed by atoms with Gasteiger partial charge >= 0.3 is 6.09 Å². The first-order valence-corrected chi connectivity index (χ1v) is 13.7. The summed E-state index contributed by atoms with van der Waals surface area (Å²) < 4.78 is 7.49. The molecule has 190 valence electrons. The third-order valence-corrected chi connectivity index (χ3v) is 7.79. The number of nitrogens with zero attached hydrogens (tertiary/aromatic N) is 2. The number of ether oxygens (including phenoxy) is 1. The van der Waals surface area contributed by atoms with Crippen molar-refractivity contribution in [2.75, 3.05) is 20.1 Å². The van der Waals surface area contributed by atoms with Crippen LogP contribution in [0.2, 0.25) is 5.02 Å². The minimum Gasteiger partial charge on any atom is -0.444 e. The third-order valence-electron chi connectivity index (χ3n) is 6.64. The number of hydrogen-bond donors (Lipinski definition) is 0. The predicted octanol–water partition coefficient (Wildman–Crippen LogP) is 7.74. The standard InChI is InChI=1S/C27H33Br2ClN2O3/c1-18(19-13-21(28)16-22(29)14-19)31(5)24(33)17-27(20-7-6-8-23(30)15-20)9-11-32(12-10-27)25(34)35-26(2,3)4/h6-8,13-16,18H,9-12,17H2,1-5H3. The lowest BCUT2D eigenvalue weighted by Crippen LogP contribution is -2.48. The number of rotatable bonds is 5. The van der Waals surface area contributed by atoms with Crippen molar-refractivity contribution in [1.29, 1.82) is 0 Å². The van der Waals surface area contributed by atoms with E-state index < -0.39 is 11.0 Å². The van der Waals surface area contributed by atoms with Crippen LogP contribution in [0.5, 0.6) is 0 Å². The Balaban J connectivity index is 1.82. The fourth-order valence-corrected chi connectivity index (χ4v) is 6.02. The van der Waals surface area contributed by atoms with Crippen molar-refractivity contribution < 1.29 is 14.3 Å². The molecule has 1 atom stereocenters. The summed E-state index contributed by atoms with van der Waals surface area (Å²) in [6, 6.07) is 13.7. The normalized spacial score (nSPS) is 16.5. The molecule has 1 saturated heterocycles. The summed E-state index contributed by atoms with van der Waals surface area (Å²) in [6.45, 7) is 8.67. The zero-order chi connectivity index (χ0) is 26.0. The third kappa shape index (κ3) is 7.23. The average Bonchev–Trinajstić information content (AvgIpc) is 2.76. The number of hydrogen-bond acceptors (Lipinski definition) is 3. The molecule has 0 spiro atoms. The molecule has 0 radical (unpaired) electrons. The molecule has 0 aliphatic carbocycles. The number of piperidine rings is 1. The monoisotopic (exact) mass is 626 g/mol. The van der Waals surface area contributed by atoms with Gasteiger partial charge in [0.15, 0.2) is 0 Å². The second kappa shape index (κ2) is 11.2. The molecule has 0 N–H and O–H groups in total. The van der Waals surface area contributed by atoms with E-state index in [0.717, 1.165) is 20.1 Å². The second-order valence-electron chi connectivity index (χ2n) is 10.3. The summed E-state index contributed by atoms with van der Waals surface area (Å²) in [6.07, 6.45) is 1.34. The summed E-state index contributed by atoms with van der Waals surface area (Å²) in [5.41, 5.74) is 1.12. The van der Waals surface area contributed by atoms with Crippen LogP contribution in [0.15, 0.2) is 51.4 Å². The van der Waals surface area contributed by atoms with Gasteiger partial charge in [-0.05, 0) is 82.0 Å². The average molecular weight is 629 g/mol. The Morgan fingerprint density at radius 3 is 2.26 bits per heavy atom. The molecular formula is C27H33Br2ClN2O3. The van der Waals surface area contributed by atoms with Crippen LogP contribution in [0, 0.1) is 0 Å². The molecule has 0 aromatic heterocycles. The topological polar surface area (TPSA) is 49.9 Å². The van der Waals surface area contributed by atoms with Crippen LogP contribution in [-0.4, -0.2) is 47.5 Å². The lowest BCUT2D eigenvalue weighted by molar-refractivity contribution is -0.133. The fourth-order valence-electron chi connectivity index (χ4n) is 4.50. The van der Waals surface area contributed by atoms with Gasteiger partial charge in [0.2, 0.25) is 5.91 Å². The van der Waals surface area contributed by atoms with Crippen molar-refractivity contribution in [1.82, 2.24) is 9.80 Å². The number of benzene rings is 2. The molecule has 1 unspecified atom stereocenters. The highest BCUT2D eigenvalue weighted by atomic mass is 79.9. The maximum Gasteiger partial charge on any atom is 0.410 e. The highest BCUT2D eigenvalue weighted by molar-refractivity contribution is 9.11.